The maximum absolute atomic E-state index is 6.12. The van der Waals surface area contributed by atoms with Crippen molar-refractivity contribution in [2.75, 3.05) is 36.5 Å². The fraction of sp³-hybridized carbons (Fsp3) is 0.343. The van der Waals surface area contributed by atoms with Gasteiger partial charge in [0.1, 0.15) is 28.8 Å². The number of nitrogens with one attached hydrogen (secondary N) is 1. The molecule has 1 aliphatic heterocycles. The van der Waals surface area contributed by atoms with E-state index in [1.54, 1.807) is 0 Å². The van der Waals surface area contributed by atoms with Gasteiger partial charge in [0.05, 0.1) is 18.9 Å². The minimum atomic E-state index is 0.0492. The molecule has 4 heterocycles. The molecule has 0 radical (unpaired) electrons. The normalized spacial score (nSPS) is 14.3. The summed E-state index contributed by atoms with van der Waals surface area (Å²) >= 11 is 0. The van der Waals surface area contributed by atoms with Crippen molar-refractivity contribution in [3.8, 4) is 22.4 Å². The largest absolute Gasteiger partial charge is 0.461 e. The smallest absolute Gasteiger partial charge is 0.134 e. The van der Waals surface area contributed by atoms with E-state index in [4.69, 9.17) is 24.1 Å². The highest BCUT2D eigenvalue weighted by molar-refractivity contribution is 5.87. The SMILES string of the molecule is CCc1nc(N[C@@H](C)c2cccc(-c3ccc(N4CCOCC4)nc3)c2)cc(-c2ccc3oc(CC)c(CC)c3c2)n1. The first kappa shape index (κ1) is 27.9. The second-order valence-electron chi connectivity index (χ2n) is 10.8. The van der Waals surface area contributed by atoms with Crippen LogP contribution in [-0.4, -0.2) is 41.3 Å². The molecule has 0 unspecified atom stereocenters. The van der Waals surface area contributed by atoms with Crippen molar-refractivity contribution >= 4 is 22.6 Å². The van der Waals surface area contributed by atoms with E-state index in [1.807, 2.05) is 6.20 Å². The van der Waals surface area contributed by atoms with Crippen LogP contribution in [0.4, 0.5) is 11.6 Å². The summed E-state index contributed by atoms with van der Waals surface area (Å²) in [6.07, 6.45) is 4.57. The van der Waals surface area contributed by atoms with E-state index in [0.29, 0.717) is 0 Å². The third kappa shape index (κ3) is 5.74. The second kappa shape index (κ2) is 12.3. The second-order valence-corrected chi connectivity index (χ2v) is 10.8. The van der Waals surface area contributed by atoms with Crippen molar-refractivity contribution in [3.63, 3.8) is 0 Å². The van der Waals surface area contributed by atoms with E-state index in [2.05, 4.69) is 98.6 Å². The molecule has 1 fully saturated rings. The highest BCUT2D eigenvalue weighted by Gasteiger charge is 2.16. The fourth-order valence-corrected chi connectivity index (χ4v) is 5.74. The summed E-state index contributed by atoms with van der Waals surface area (Å²) in [6.45, 7) is 11.9. The lowest BCUT2D eigenvalue weighted by atomic mass is 10.0. The van der Waals surface area contributed by atoms with Gasteiger partial charge >= 0.3 is 0 Å². The van der Waals surface area contributed by atoms with Gasteiger partial charge in [0, 0.05) is 66.3 Å². The molecule has 2 aromatic carbocycles. The van der Waals surface area contributed by atoms with Crippen molar-refractivity contribution in [1.29, 1.82) is 0 Å². The molecule has 1 aliphatic rings. The molecule has 0 aliphatic carbocycles. The number of anilines is 2. The number of nitrogens with zero attached hydrogens (tertiary/aromatic N) is 4. The zero-order valence-corrected chi connectivity index (χ0v) is 25.0. The highest BCUT2D eigenvalue weighted by Crippen LogP contribution is 2.32. The zero-order chi connectivity index (χ0) is 29.1. The van der Waals surface area contributed by atoms with Gasteiger partial charge in [0.15, 0.2) is 0 Å². The van der Waals surface area contributed by atoms with Gasteiger partial charge < -0.3 is 19.4 Å². The lowest BCUT2D eigenvalue weighted by molar-refractivity contribution is 0.122. The molecule has 1 N–H and O–H groups in total. The first-order chi connectivity index (χ1) is 20.6. The average Bonchev–Trinajstić information content (AvgIpc) is 3.42. The predicted octanol–water partition coefficient (Wildman–Crippen LogP) is 7.65. The lowest BCUT2D eigenvalue weighted by Gasteiger charge is -2.27. The van der Waals surface area contributed by atoms with Gasteiger partial charge in [0.25, 0.3) is 0 Å². The van der Waals surface area contributed by atoms with E-state index in [-0.39, 0.29) is 6.04 Å². The molecule has 7 heteroatoms. The van der Waals surface area contributed by atoms with Gasteiger partial charge in [-0.25, -0.2) is 15.0 Å². The number of hydrogen-bond donors (Lipinski definition) is 1. The maximum atomic E-state index is 6.12. The van der Waals surface area contributed by atoms with E-state index in [9.17, 15) is 0 Å². The summed E-state index contributed by atoms with van der Waals surface area (Å²) in [5.74, 6) is 3.72. The number of furan rings is 1. The summed E-state index contributed by atoms with van der Waals surface area (Å²) in [7, 11) is 0. The van der Waals surface area contributed by atoms with Gasteiger partial charge in [0.2, 0.25) is 0 Å². The Balaban J connectivity index is 1.24. The number of benzene rings is 2. The standard InChI is InChI=1S/C35H39N5O2/c1-5-28-29-20-26(11-13-32(29)42-31(28)6-2)30-21-34(39-33(7-3)38-30)37-23(4)24-9-8-10-25(19-24)27-12-14-35(36-22-27)40-15-17-41-18-16-40/h8-14,19-23H,5-7,15-18H2,1-4H3,(H,37,38,39)/t23-/m0/s1. The molecule has 42 heavy (non-hydrogen) atoms. The van der Waals surface area contributed by atoms with Crippen LogP contribution in [0.5, 0.6) is 0 Å². The van der Waals surface area contributed by atoms with Gasteiger partial charge in [-0.3, -0.25) is 0 Å². The number of aromatic nitrogens is 3. The predicted molar refractivity (Wildman–Crippen MR) is 170 cm³/mol. The molecule has 1 atom stereocenters. The van der Waals surface area contributed by atoms with Crippen molar-refractivity contribution in [2.45, 2.75) is 53.0 Å². The first-order valence-electron chi connectivity index (χ1n) is 15.1. The van der Waals surface area contributed by atoms with Crippen LogP contribution in [0, 0.1) is 0 Å². The Hall–Kier alpha value is -4.23. The fourth-order valence-electron chi connectivity index (χ4n) is 5.74. The van der Waals surface area contributed by atoms with Gasteiger partial charge in [-0.1, -0.05) is 39.0 Å². The van der Waals surface area contributed by atoms with E-state index >= 15 is 0 Å². The number of rotatable bonds is 9. The Morgan fingerprint density at radius 1 is 0.857 bits per heavy atom. The first-order valence-corrected chi connectivity index (χ1v) is 15.1. The number of morpholine rings is 1. The van der Waals surface area contributed by atoms with Gasteiger partial charge in [-0.2, -0.15) is 0 Å². The van der Waals surface area contributed by atoms with Crippen LogP contribution in [-0.2, 0) is 24.0 Å². The van der Waals surface area contributed by atoms with Crippen LogP contribution in [0.25, 0.3) is 33.4 Å². The number of pyridine rings is 1. The molecule has 0 amide bonds. The van der Waals surface area contributed by atoms with Crippen LogP contribution in [0.1, 0.15) is 56.4 Å². The summed E-state index contributed by atoms with van der Waals surface area (Å²) in [4.78, 5) is 16.7. The zero-order valence-electron chi connectivity index (χ0n) is 25.0. The lowest BCUT2D eigenvalue weighted by Crippen LogP contribution is -2.36. The highest BCUT2D eigenvalue weighted by atomic mass is 16.5. The van der Waals surface area contributed by atoms with E-state index in [1.165, 1.54) is 16.5 Å². The molecule has 1 saturated heterocycles. The molecule has 0 spiro atoms. The van der Waals surface area contributed by atoms with E-state index < -0.39 is 0 Å². The number of ether oxygens (including phenoxy) is 1. The molecule has 3 aromatic heterocycles. The van der Waals surface area contributed by atoms with Crippen molar-refractivity contribution in [1.82, 2.24) is 15.0 Å². The van der Waals surface area contributed by atoms with Crippen LogP contribution >= 0.6 is 0 Å². The van der Waals surface area contributed by atoms with Crippen molar-refractivity contribution in [3.05, 3.63) is 89.6 Å². The molecule has 216 valence electrons. The van der Waals surface area contributed by atoms with Crippen LogP contribution in [0.2, 0.25) is 0 Å². The number of aryl methyl sites for hydroxylation is 3. The number of hydrogen-bond acceptors (Lipinski definition) is 7. The molecule has 0 saturated carbocycles. The Bertz CT molecular complexity index is 1670. The summed E-state index contributed by atoms with van der Waals surface area (Å²) in [5, 5.41) is 4.82. The quantitative estimate of drug-likeness (QED) is 0.198. The Morgan fingerprint density at radius 3 is 2.43 bits per heavy atom. The van der Waals surface area contributed by atoms with Gasteiger partial charge in [-0.15, -0.1) is 0 Å². The molecule has 5 aromatic rings. The molecular weight excluding hydrogens is 522 g/mol. The minimum absolute atomic E-state index is 0.0492. The average molecular weight is 562 g/mol. The Morgan fingerprint density at radius 2 is 1.69 bits per heavy atom. The van der Waals surface area contributed by atoms with Crippen LogP contribution < -0.4 is 10.2 Å². The van der Waals surface area contributed by atoms with Crippen LogP contribution in [0.3, 0.4) is 0 Å². The monoisotopic (exact) mass is 561 g/mol. The van der Waals surface area contributed by atoms with Crippen molar-refractivity contribution < 1.29 is 9.15 Å². The Labute approximate surface area is 248 Å². The molecule has 7 nitrogen and oxygen atoms in total. The van der Waals surface area contributed by atoms with Crippen molar-refractivity contribution in [2.24, 2.45) is 0 Å². The summed E-state index contributed by atoms with van der Waals surface area (Å²) in [5.41, 5.74) is 7.65. The molecule has 6 rings (SSSR count). The maximum Gasteiger partial charge on any atom is 0.134 e. The van der Waals surface area contributed by atoms with E-state index in [0.717, 1.165) is 96.8 Å². The minimum Gasteiger partial charge on any atom is -0.461 e. The topological polar surface area (TPSA) is 76.3 Å². The third-order valence-electron chi connectivity index (χ3n) is 8.10. The number of fused-ring (bicyclic) bond motifs is 1. The van der Waals surface area contributed by atoms with Gasteiger partial charge in [-0.05, 0) is 60.9 Å². The molecule has 0 bridgehead atoms. The Kier molecular flexibility index (Phi) is 8.20. The van der Waals surface area contributed by atoms with Crippen LogP contribution in [0.15, 0.2) is 71.3 Å². The summed E-state index contributed by atoms with van der Waals surface area (Å²) in [6, 6.07) is 21.4. The molecular formula is C35H39N5O2. The summed E-state index contributed by atoms with van der Waals surface area (Å²) < 4.78 is 11.6. The third-order valence-corrected chi connectivity index (χ3v) is 8.10.